The minimum absolute atomic E-state index is 0. The summed E-state index contributed by atoms with van der Waals surface area (Å²) in [6.07, 6.45) is 4.41. The lowest BCUT2D eigenvalue weighted by atomic mass is 9.95. The molecule has 1 saturated carbocycles. The maximum Gasteiger partial charge on any atom is 0.191 e. The van der Waals surface area contributed by atoms with Crippen molar-refractivity contribution in [1.82, 2.24) is 15.5 Å². The van der Waals surface area contributed by atoms with Crippen LogP contribution in [0.15, 0.2) is 4.99 Å². The number of nitrogens with one attached hydrogen (secondary N) is 2. The first-order chi connectivity index (χ1) is 10.6. The lowest BCUT2D eigenvalue weighted by Gasteiger charge is -2.30. The molecule has 138 valence electrons. The van der Waals surface area contributed by atoms with E-state index in [9.17, 15) is 4.21 Å². The van der Waals surface area contributed by atoms with E-state index in [4.69, 9.17) is 0 Å². The van der Waals surface area contributed by atoms with E-state index in [1.54, 1.807) is 0 Å². The van der Waals surface area contributed by atoms with E-state index in [2.05, 4.69) is 34.4 Å². The van der Waals surface area contributed by atoms with E-state index in [0.29, 0.717) is 11.3 Å². The molecule has 1 aliphatic rings. The highest BCUT2D eigenvalue weighted by Crippen LogP contribution is 2.22. The number of nitrogens with zero attached hydrogens (tertiary/aromatic N) is 2. The Morgan fingerprint density at radius 1 is 1.26 bits per heavy atom. The summed E-state index contributed by atoms with van der Waals surface area (Å²) in [5.74, 6) is 1.65. The highest BCUT2D eigenvalue weighted by atomic mass is 127. The molecule has 0 aromatic heterocycles. The largest absolute Gasteiger partial charge is 0.355 e. The van der Waals surface area contributed by atoms with Gasteiger partial charge in [0.05, 0.1) is 0 Å². The molecule has 0 saturated heterocycles. The first-order valence-corrected chi connectivity index (χ1v) is 10.1. The minimum Gasteiger partial charge on any atom is -0.355 e. The smallest absolute Gasteiger partial charge is 0.191 e. The van der Waals surface area contributed by atoms with Crippen molar-refractivity contribution in [3.05, 3.63) is 0 Å². The normalized spacial score (nSPS) is 23.3. The van der Waals surface area contributed by atoms with Crippen molar-refractivity contribution in [2.24, 2.45) is 4.99 Å². The highest BCUT2D eigenvalue weighted by molar-refractivity contribution is 14.0. The summed E-state index contributed by atoms with van der Waals surface area (Å²) in [7, 11) is 1.14. The van der Waals surface area contributed by atoms with Gasteiger partial charge in [-0.1, -0.05) is 27.2 Å². The number of hydrogen-bond donors (Lipinski definition) is 2. The van der Waals surface area contributed by atoms with E-state index >= 15 is 0 Å². The summed E-state index contributed by atoms with van der Waals surface area (Å²) in [6.45, 7) is 10.5. The molecule has 1 aliphatic carbocycles. The van der Waals surface area contributed by atoms with Gasteiger partial charge in [0.25, 0.3) is 0 Å². The Kier molecular flexibility index (Phi) is 13.5. The van der Waals surface area contributed by atoms with Crippen LogP contribution in [0, 0.1) is 0 Å². The molecule has 3 atom stereocenters. The Bertz CT molecular complexity index is 364. The molecule has 0 bridgehead atoms. The van der Waals surface area contributed by atoms with Crippen LogP contribution in [0.25, 0.3) is 0 Å². The topological polar surface area (TPSA) is 56.7 Å². The molecule has 0 aliphatic heterocycles. The molecule has 0 radical (unpaired) electrons. The van der Waals surface area contributed by atoms with Crippen molar-refractivity contribution in [2.45, 2.75) is 57.7 Å². The predicted octanol–water partition coefficient (Wildman–Crippen LogP) is 2.19. The third-order valence-electron chi connectivity index (χ3n) is 4.46. The van der Waals surface area contributed by atoms with Gasteiger partial charge in [-0.05, 0) is 32.4 Å². The average molecular weight is 458 g/mol. The summed E-state index contributed by atoms with van der Waals surface area (Å²) in [4.78, 5) is 6.71. The van der Waals surface area contributed by atoms with Crippen LogP contribution in [0.4, 0.5) is 0 Å². The van der Waals surface area contributed by atoms with E-state index in [0.717, 1.165) is 63.6 Å². The SMILES string of the molecule is CCN(CC)CCNC(=NC)NC1CCCC(S(=O)CC)C1.I. The molecular formula is C16H35IN4OS. The van der Waals surface area contributed by atoms with Gasteiger partial charge in [-0.3, -0.25) is 9.20 Å². The summed E-state index contributed by atoms with van der Waals surface area (Å²) >= 11 is 0. The number of likely N-dealkylation sites (N-methyl/N-ethyl adjacent to an activating group) is 1. The van der Waals surface area contributed by atoms with Gasteiger partial charge in [0.2, 0.25) is 0 Å². The second-order valence-corrected chi connectivity index (χ2v) is 7.83. The van der Waals surface area contributed by atoms with Gasteiger partial charge in [0.15, 0.2) is 5.96 Å². The molecule has 23 heavy (non-hydrogen) atoms. The van der Waals surface area contributed by atoms with Crippen molar-refractivity contribution >= 4 is 40.7 Å². The van der Waals surface area contributed by atoms with E-state index in [-0.39, 0.29) is 24.0 Å². The Labute approximate surface area is 161 Å². The van der Waals surface area contributed by atoms with Crippen LogP contribution in [0.5, 0.6) is 0 Å². The van der Waals surface area contributed by atoms with E-state index in [1.807, 2.05) is 14.0 Å². The maximum absolute atomic E-state index is 12.0. The molecule has 7 heteroatoms. The van der Waals surface area contributed by atoms with Gasteiger partial charge in [-0.15, -0.1) is 24.0 Å². The standard InChI is InChI=1S/C16H34N4OS.HI/c1-5-20(6-2)12-11-18-16(17-4)19-14-9-8-10-15(13-14)22(21)7-3;/h14-15H,5-13H2,1-4H3,(H2,17,18,19);1H. The zero-order chi connectivity index (χ0) is 16.4. The molecule has 0 heterocycles. The van der Waals surface area contributed by atoms with Crippen LogP contribution in [0.1, 0.15) is 46.5 Å². The summed E-state index contributed by atoms with van der Waals surface area (Å²) in [5.41, 5.74) is 0. The number of hydrogen-bond acceptors (Lipinski definition) is 3. The zero-order valence-electron chi connectivity index (χ0n) is 15.1. The summed E-state index contributed by atoms with van der Waals surface area (Å²) < 4.78 is 12.0. The molecule has 1 rings (SSSR count). The molecular weight excluding hydrogens is 423 g/mol. The number of guanidine groups is 1. The summed E-state index contributed by atoms with van der Waals surface area (Å²) in [6, 6.07) is 0.397. The van der Waals surface area contributed by atoms with E-state index < -0.39 is 10.8 Å². The third-order valence-corrected chi connectivity index (χ3v) is 6.20. The maximum atomic E-state index is 12.0. The second-order valence-electron chi connectivity index (χ2n) is 5.83. The van der Waals surface area contributed by atoms with Gasteiger partial charge < -0.3 is 15.5 Å². The van der Waals surface area contributed by atoms with Crippen molar-refractivity contribution < 1.29 is 4.21 Å². The van der Waals surface area contributed by atoms with Crippen molar-refractivity contribution in [3.63, 3.8) is 0 Å². The number of rotatable bonds is 8. The predicted molar refractivity (Wildman–Crippen MR) is 112 cm³/mol. The fourth-order valence-electron chi connectivity index (χ4n) is 3.01. The van der Waals surface area contributed by atoms with Gasteiger partial charge >= 0.3 is 0 Å². The first kappa shape index (κ1) is 23.1. The van der Waals surface area contributed by atoms with Crippen molar-refractivity contribution in [2.75, 3.05) is 39.0 Å². The van der Waals surface area contributed by atoms with Crippen molar-refractivity contribution in [3.8, 4) is 0 Å². The molecule has 1 fully saturated rings. The first-order valence-electron chi connectivity index (χ1n) is 8.71. The highest BCUT2D eigenvalue weighted by Gasteiger charge is 2.25. The number of halogens is 1. The van der Waals surface area contributed by atoms with Crippen LogP contribution < -0.4 is 10.6 Å². The molecule has 0 amide bonds. The second kappa shape index (κ2) is 13.4. The van der Waals surface area contributed by atoms with Gasteiger partial charge in [-0.2, -0.15) is 0 Å². The average Bonchev–Trinajstić information content (AvgIpc) is 2.57. The lowest BCUT2D eigenvalue weighted by Crippen LogP contribution is -2.48. The van der Waals surface area contributed by atoms with E-state index in [1.165, 1.54) is 0 Å². The minimum atomic E-state index is -0.672. The fraction of sp³-hybridized carbons (Fsp3) is 0.938. The zero-order valence-corrected chi connectivity index (χ0v) is 18.3. The van der Waals surface area contributed by atoms with Crippen LogP contribution in [0.3, 0.4) is 0 Å². The molecule has 0 spiro atoms. The van der Waals surface area contributed by atoms with Gasteiger partial charge in [0.1, 0.15) is 0 Å². The van der Waals surface area contributed by atoms with Gasteiger partial charge in [-0.25, -0.2) is 0 Å². The lowest BCUT2D eigenvalue weighted by molar-refractivity contribution is 0.307. The Balaban J connectivity index is 0.00000484. The molecule has 3 unspecified atom stereocenters. The van der Waals surface area contributed by atoms with Crippen LogP contribution in [0.2, 0.25) is 0 Å². The van der Waals surface area contributed by atoms with Gasteiger partial charge in [0, 0.05) is 48.0 Å². The quantitative estimate of drug-likeness (QED) is 0.333. The van der Waals surface area contributed by atoms with Crippen LogP contribution >= 0.6 is 24.0 Å². The van der Waals surface area contributed by atoms with Crippen LogP contribution in [-0.4, -0.2) is 65.3 Å². The van der Waals surface area contributed by atoms with Crippen LogP contribution in [-0.2, 0) is 10.8 Å². The number of aliphatic imine (C=N–C) groups is 1. The Morgan fingerprint density at radius 3 is 2.52 bits per heavy atom. The molecule has 0 aromatic carbocycles. The fourth-order valence-corrected chi connectivity index (χ4v) is 4.36. The molecule has 2 N–H and O–H groups in total. The monoisotopic (exact) mass is 458 g/mol. The molecule has 0 aromatic rings. The van der Waals surface area contributed by atoms with Crippen molar-refractivity contribution in [1.29, 1.82) is 0 Å². The molecule has 5 nitrogen and oxygen atoms in total. The Hall–Kier alpha value is 0.110. The Morgan fingerprint density at radius 2 is 1.96 bits per heavy atom. The summed E-state index contributed by atoms with van der Waals surface area (Å²) in [5, 5.41) is 7.26. The third kappa shape index (κ3) is 8.67.